The molecular formula is C13H21NO2. The maximum Gasteiger partial charge on any atom is 0.126 e. The maximum absolute atomic E-state index is 6.14. The molecule has 0 bridgehead atoms. The molecule has 2 unspecified atom stereocenters. The van der Waals surface area contributed by atoms with Crippen molar-refractivity contribution >= 4 is 0 Å². The lowest BCUT2D eigenvalue weighted by Crippen LogP contribution is -2.25. The molecule has 0 aromatic heterocycles. The average Bonchev–Trinajstić information content (AvgIpc) is 2.30. The summed E-state index contributed by atoms with van der Waals surface area (Å²) in [4.78, 5) is 0. The van der Waals surface area contributed by atoms with Crippen LogP contribution in [0, 0.1) is 13.8 Å². The molecule has 0 fully saturated rings. The van der Waals surface area contributed by atoms with Crippen LogP contribution in [0.5, 0.6) is 5.75 Å². The molecule has 0 radical (unpaired) electrons. The van der Waals surface area contributed by atoms with Crippen molar-refractivity contribution in [2.75, 3.05) is 14.2 Å². The summed E-state index contributed by atoms with van der Waals surface area (Å²) in [5, 5.41) is 0. The second kappa shape index (κ2) is 5.32. The maximum atomic E-state index is 6.14. The van der Waals surface area contributed by atoms with Gasteiger partial charge in [-0.2, -0.15) is 0 Å². The summed E-state index contributed by atoms with van der Waals surface area (Å²) >= 11 is 0. The van der Waals surface area contributed by atoms with Crippen LogP contribution in [-0.2, 0) is 4.74 Å². The van der Waals surface area contributed by atoms with E-state index in [2.05, 4.69) is 13.0 Å². The number of benzene rings is 1. The Kier molecular flexibility index (Phi) is 4.33. The van der Waals surface area contributed by atoms with Crippen molar-refractivity contribution in [2.45, 2.75) is 32.9 Å². The highest BCUT2D eigenvalue weighted by atomic mass is 16.5. The van der Waals surface area contributed by atoms with Gasteiger partial charge in [-0.1, -0.05) is 12.1 Å². The molecule has 1 rings (SSSR count). The molecule has 0 aliphatic heterocycles. The van der Waals surface area contributed by atoms with Crippen LogP contribution in [0.3, 0.4) is 0 Å². The second-order valence-electron chi connectivity index (χ2n) is 4.10. The summed E-state index contributed by atoms with van der Waals surface area (Å²) in [7, 11) is 3.34. The number of hydrogen-bond acceptors (Lipinski definition) is 3. The lowest BCUT2D eigenvalue weighted by Gasteiger charge is -2.22. The van der Waals surface area contributed by atoms with E-state index in [1.54, 1.807) is 14.2 Å². The van der Waals surface area contributed by atoms with Crippen LogP contribution >= 0.6 is 0 Å². The molecule has 0 saturated heterocycles. The van der Waals surface area contributed by atoms with Crippen molar-refractivity contribution in [2.24, 2.45) is 5.73 Å². The SMILES string of the molecule is COc1c(C(N)C(C)OC)ccc(C)c1C. The van der Waals surface area contributed by atoms with Gasteiger partial charge in [0.05, 0.1) is 19.3 Å². The van der Waals surface area contributed by atoms with Gasteiger partial charge in [0.15, 0.2) is 0 Å². The van der Waals surface area contributed by atoms with Gasteiger partial charge in [-0.05, 0) is 31.9 Å². The second-order valence-corrected chi connectivity index (χ2v) is 4.10. The van der Waals surface area contributed by atoms with Crippen LogP contribution < -0.4 is 10.5 Å². The molecule has 0 aliphatic carbocycles. The van der Waals surface area contributed by atoms with Gasteiger partial charge in [0.1, 0.15) is 5.75 Å². The third-order valence-corrected chi connectivity index (χ3v) is 3.15. The predicted octanol–water partition coefficient (Wildman–Crippen LogP) is 2.35. The Morgan fingerprint density at radius 3 is 2.31 bits per heavy atom. The van der Waals surface area contributed by atoms with Gasteiger partial charge in [0.25, 0.3) is 0 Å². The van der Waals surface area contributed by atoms with Crippen molar-refractivity contribution in [3.63, 3.8) is 0 Å². The Hall–Kier alpha value is -1.06. The van der Waals surface area contributed by atoms with Gasteiger partial charge in [0.2, 0.25) is 0 Å². The van der Waals surface area contributed by atoms with E-state index in [0.717, 1.165) is 16.9 Å². The minimum absolute atomic E-state index is 0.0315. The van der Waals surface area contributed by atoms with Gasteiger partial charge >= 0.3 is 0 Å². The normalized spacial score (nSPS) is 14.6. The van der Waals surface area contributed by atoms with E-state index in [1.165, 1.54) is 5.56 Å². The van der Waals surface area contributed by atoms with Crippen LogP contribution in [0.4, 0.5) is 0 Å². The highest BCUT2D eigenvalue weighted by Crippen LogP contribution is 2.31. The third kappa shape index (κ3) is 2.36. The largest absolute Gasteiger partial charge is 0.496 e. The fraction of sp³-hybridized carbons (Fsp3) is 0.538. The summed E-state index contributed by atoms with van der Waals surface area (Å²) in [5.74, 6) is 0.872. The van der Waals surface area contributed by atoms with Gasteiger partial charge < -0.3 is 15.2 Å². The molecule has 3 nitrogen and oxygen atoms in total. The Balaban J connectivity index is 3.18. The molecule has 1 aromatic carbocycles. The molecule has 1 aromatic rings. The number of aryl methyl sites for hydroxylation is 1. The molecule has 0 spiro atoms. The minimum Gasteiger partial charge on any atom is -0.496 e. The van der Waals surface area contributed by atoms with E-state index in [-0.39, 0.29) is 12.1 Å². The Bertz CT molecular complexity index is 363. The molecule has 0 saturated carbocycles. The summed E-state index contributed by atoms with van der Waals surface area (Å²) in [6, 6.07) is 3.91. The first-order valence-electron chi connectivity index (χ1n) is 5.45. The van der Waals surface area contributed by atoms with Crippen molar-refractivity contribution < 1.29 is 9.47 Å². The Labute approximate surface area is 97.6 Å². The van der Waals surface area contributed by atoms with Gasteiger partial charge in [-0.3, -0.25) is 0 Å². The van der Waals surface area contributed by atoms with Crippen molar-refractivity contribution in [1.29, 1.82) is 0 Å². The molecule has 0 heterocycles. The van der Waals surface area contributed by atoms with Gasteiger partial charge in [-0.25, -0.2) is 0 Å². The predicted molar refractivity (Wildman–Crippen MR) is 65.9 cm³/mol. The van der Waals surface area contributed by atoms with E-state index in [4.69, 9.17) is 15.2 Å². The fourth-order valence-electron chi connectivity index (χ4n) is 1.74. The van der Waals surface area contributed by atoms with E-state index < -0.39 is 0 Å². The van der Waals surface area contributed by atoms with E-state index >= 15 is 0 Å². The highest BCUT2D eigenvalue weighted by Gasteiger charge is 2.19. The lowest BCUT2D eigenvalue weighted by molar-refractivity contribution is 0.0948. The van der Waals surface area contributed by atoms with Crippen LogP contribution in [-0.4, -0.2) is 20.3 Å². The zero-order valence-electron chi connectivity index (χ0n) is 10.7. The first-order valence-corrected chi connectivity index (χ1v) is 5.45. The van der Waals surface area contributed by atoms with Crippen LogP contribution in [0.15, 0.2) is 12.1 Å². The first kappa shape index (κ1) is 13.0. The molecule has 90 valence electrons. The van der Waals surface area contributed by atoms with Gasteiger partial charge in [-0.15, -0.1) is 0 Å². The van der Waals surface area contributed by atoms with Crippen LogP contribution in [0.1, 0.15) is 29.7 Å². The first-order chi connectivity index (χ1) is 7.52. The topological polar surface area (TPSA) is 44.5 Å². The van der Waals surface area contributed by atoms with Gasteiger partial charge in [0, 0.05) is 12.7 Å². The molecule has 2 N–H and O–H groups in total. The molecule has 0 aliphatic rings. The van der Waals surface area contributed by atoms with Crippen molar-refractivity contribution in [3.8, 4) is 5.75 Å². The third-order valence-electron chi connectivity index (χ3n) is 3.15. The summed E-state index contributed by atoms with van der Waals surface area (Å²) in [6.07, 6.45) is -0.0315. The van der Waals surface area contributed by atoms with Crippen molar-refractivity contribution in [3.05, 3.63) is 28.8 Å². The average molecular weight is 223 g/mol. The molecule has 2 atom stereocenters. The molecular weight excluding hydrogens is 202 g/mol. The Morgan fingerprint density at radius 1 is 1.19 bits per heavy atom. The lowest BCUT2D eigenvalue weighted by atomic mass is 9.97. The number of nitrogens with two attached hydrogens (primary N) is 1. The van der Waals surface area contributed by atoms with E-state index in [0.29, 0.717) is 0 Å². The monoisotopic (exact) mass is 223 g/mol. The van der Waals surface area contributed by atoms with E-state index in [1.807, 2.05) is 19.9 Å². The highest BCUT2D eigenvalue weighted by molar-refractivity contribution is 5.47. The van der Waals surface area contributed by atoms with Crippen LogP contribution in [0.2, 0.25) is 0 Å². The fourth-order valence-corrected chi connectivity index (χ4v) is 1.74. The molecule has 0 amide bonds. The number of methoxy groups -OCH3 is 2. The summed E-state index contributed by atoms with van der Waals surface area (Å²) in [6.45, 7) is 6.06. The minimum atomic E-state index is -0.167. The Morgan fingerprint density at radius 2 is 1.81 bits per heavy atom. The summed E-state index contributed by atoms with van der Waals surface area (Å²) in [5.41, 5.74) is 9.48. The zero-order valence-corrected chi connectivity index (χ0v) is 10.7. The number of ether oxygens (including phenoxy) is 2. The van der Waals surface area contributed by atoms with Crippen LogP contribution in [0.25, 0.3) is 0 Å². The smallest absolute Gasteiger partial charge is 0.126 e. The number of rotatable bonds is 4. The quantitative estimate of drug-likeness (QED) is 0.852. The van der Waals surface area contributed by atoms with E-state index in [9.17, 15) is 0 Å². The van der Waals surface area contributed by atoms with Crippen molar-refractivity contribution in [1.82, 2.24) is 0 Å². The number of hydrogen-bond donors (Lipinski definition) is 1. The summed E-state index contributed by atoms with van der Waals surface area (Å²) < 4.78 is 10.7. The molecule has 16 heavy (non-hydrogen) atoms. The standard InChI is InChI=1S/C13H21NO2/c1-8-6-7-11(12(14)10(3)15-4)13(16-5)9(8)2/h6-7,10,12H,14H2,1-5H3. The zero-order chi connectivity index (χ0) is 12.3. The molecule has 3 heteroatoms.